The number of hydrogen-bond donors (Lipinski definition) is 0. The molecule has 0 N–H and O–H groups in total. The van der Waals surface area contributed by atoms with E-state index in [1.165, 1.54) is 0 Å². The first-order chi connectivity index (χ1) is 9.40. The van der Waals surface area contributed by atoms with Crippen LogP contribution in [0.25, 0.3) is 0 Å². The minimum absolute atomic E-state index is 0.258. The lowest BCUT2D eigenvalue weighted by molar-refractivity contribution is 0.356. The molecule has 104 valence electrons. The summed E-state index contributed by atoms with van der Waals surface area (Å²) < 4.78 is 12.7. The van der Waals surface area contributed by atoms with Crippen LogP contribution < -0.4 is 9.47 Å². The van der Waals surface area contributed by atoms with E-state index in [2.05, 4.69) is 31.9 Å². The SMILES string of the molecule is Clc1cc2c(c(Br)c1Cl)Oc1c(Cl)c(Cl)cc(Br)c1O2. The molecule has 2 aromatic carbocycles. The number of hydrogen-bond acceptors (Lipinski definition) is 2. The summed E-state index contributed by atoms with van der Waals surface area (Å²) in [6, 6.07) is 3.20. The van der Waals surface area contributed by atoms with E-state index < -0.39 is 0 Å². The fraction of sp³-hybridized carbons (Fsp3) is 0. The van der Waals surface area contributed by atoms with Crippen LogP contribution in [0.1, 0.15) is 0 Å². The zero-order chi connectivity index (χ0) is 14.6. The average Bonchev–Trinajstić information content (AvgIpc) is 2.41. The van der Waals surface area contributed by atoms with E-state index in [0.29, 0.717) is 47.0 Å². The van der Waals surface area contributed by atoms with Crippen molar-refractivity contribution in [3.8, 4) is 23.0 Å². The Morgan fingerprint density at radius 1 is 0.750 bits per heavy atom. The highest BCUT2D eigenvalue weighted by atomic mass is 79.9. The summed E-state index contributed by atoms with van der Waals surface area (Å²) in [5.74, 6) is 1.57. The molecule has 1 heterocycles. The number of benzene rings is 2. The van der Waals surface area contributed by atoms with Crippen molar-refractivity contribution in [1.82, 2.24) is 0 Å². The average molecular weight is 480 g/mol. The minimum Gasteiger partial charge on any atom is -0.448 e. The van der Waals surface area contributed by atoms with E-state index in [-0.39, 0.29) is 5.02 Å². The Labute approximate surface area is 151 Å². The Morgan fingerprint density at radius 3 is 2.10 bits per heavy atom. The van der Waals surface area contributed by atoms with E-state index in [1.807, 2.05) is 0 Å². The number of fused-ring (bicyclic) bond motifs is 2. The number of rotatable bonds is 0. The first-order valence-corrected chi connectivity index (χ1v) is 8.20. The predicted octanol–water partition coefficient (Wildman–Crippen LogP) is 7.72. The second kappa shape index (κ2) is 5.41. The first kappa shape index (κ1) is 15.1. The van der Waals surface area contributed by atoms with Crippen LogP contribution in [-0.4, -0.2) is 0 Å². The lowest BCUT2D eigenvalue weighted by atomic mass is 10.2. The van der Waals surface area contributed by atoms with E-state index in [9.17, 15) is 0 Å². The molecule has 8 heteroatoms. The molecule has 0 amide bonds. The third kappa shape index (κ3) is 2.31. The van der Waals surface area contributed by atoms with Crippen LogP contribution in [0.2, 0.25) is 20.1 Å². The molecule has 0 bridgehead atoms. The van der Waals surface area contributed by atoms with Crippen LogP contribution in [-0.2, 0) is 0 Å². The fourth-order valence-corrected chi connectivity index (χ4v) is 3.62. The van der Waals surface area contributed by atoms with Crippen LogP contribution in [0.4, 0.5) is 0 Å². The Morgan fingerprint density at radius 2 is 1.40 bits per heavy atom. The van der Waals surface area contributed by atoms with Crippen LogP contribution in [0.15, 0.2) is 21.1 Å². The van der Waals surface area contributed by atoms with Gasteiger partial charge in [0.05, 0.1) is 24.0 Å². The predicted molar refractivity (Wildman–Crippen MR) is 88.5 cm³/mol. The highest BCUT2D eigenvalue weighted by molar-refractivity contribution is 9.11. The van der Waals surface area contributed by atoms with E-state index in [0.717, 1.165) is 0 Å². The summed E-state index contributed by atoms with van der Waals surface area (Å²) in [4.78, 5) is 0. The van der Waals surface area contributed by atoms with Gasteiger partial charge in [-0.25, -0.2) is 0 Å². The lowest BCUT2D eigenvalue weighted by Gasteiger charge is -2.24. The molecule has 0 aliphatic carbocycles. The second-order valence-electron chi connectivity index (χ2n) is 3.83. The van der Waals surface area contributed by atoms with Crippen molar-refractivity contribution in [3.63, 3.8) is 0 Å². The van der Waals surface area contributed by atoms with Gasteiger partial charge in [-0.05, 0) is 37.9 Å². The molecule has 1 aliphatic rings. The van der Waals surface area contributed by atoms with Gasteiger partial charge in [-0.3, -0.25) is 0 Å². The third-order valence-electron chi connectivity index (χ3n) is 2.59. The summed E-state index contributed by atoms with van der Waals surface area (Å²) >= 11 is 30.9. The molecule has 0 spiro atoms. The largest absolute Gasteiger partial charge is 0.448 e. The molecule has 0 aromatic heterocycles. The van der Waals surface area contributed by atoms with Gasteiger partial charge in [0.1, 0.15) is 5.02 Å². The number of halogens is 6. The molecule has 0 atom stereocenters. The molecular weight excluding hydrogens is 478 g/mol. The Kier molecular flexibility index (Phi) is 4.08. The normalized spacial score (nSPS) is 12.3. The Bertz CT molecular complexity index is 749. The third-order valence-corrected chi connectivity index (χ3v) is 5.72. The maximum Gasteiger partial charge on any atom is 0.191 e. The second-order valence-corrected chi connectivity index (χ2v) is 7.05. The van der Waals surface area contributed by atoms with Gasteiger partial charge < -0.3 is 9.47 Å². The molecular formula is C12H2Br2Cl4O2. The molecule has 0 fully saturated rings. The van der Waals surface area contributed by atoms with Crippen molar-refractivity contribution in [2.24, 2.45) is 0 Å². The summed E-state index contributed by atoms with van der Waals surface area (Å²) in [7, 11) is 0. The maximum absolute atomic E-state index is 6.14. The summed E-state index contributed by atoms with van der Waals surface area (Å²) in [6.45, 7) is 0. The van der Waals surface area contributed by atoms with Gasteiger partial charge in [-0.15, -0.1) is 0 Å². The molecule has 2 nitrogen and oxygen atoms in total. The smallest absolute Gasteiger partial charge is 0.191 e. The maximum atomic E-state index is 6.14. The van der Waals surface area contributed by atoms with Gasteiger partial charge in [-0.1, -0.05) is 46.4 Å². The highest BCUT2D eigenvalue weighted by Crippen LogP contribution is 2.57. The van der Waals surface area contributed by atoms with Crippen molar-refractivity contribution < 1.29 is 9.47 Å². The zero-order valence-corrected chi connectivity index (χ0v) is 15.4. The monoisotopic (exact) mass is 476 g/mol. The van der Waals surface area contributed by atoms with E-state index in [1.54, 1.807) is 12.1 Å². The van der Waals surface area contributed by atoms with Crippen molar-refractivity contribution in [2.45, 2.75) is 0 Å². The molecule has 0 unspecified atom stereocenters. The standard InChI is InChI=1S/C12H2Br2Cl4O2/c13-3-1-4(15)9(18)12-10(3)19-6-2-5(16)8(17)7(14)11(6)20-12/h1-2H. The van der Waals surface area contributed by atoms with Crippen LogP contribution in [0, 0.1) is 0 Å². The van der Waals surface area contributed by atoms with Gasteiger partial charge in [0, 0.05) is 6.07 Å². The molecule has 2 aromatic rings. The van der Waals surface area contributed by atoms with Crippen molar-refractivity contribution in [1.29, 1.82) is 0 Å². The van der Waals surface area contributed by atoms with Crippen molar-refractivity contribution >= 4 is 78.3 Å². The van der Waals surface area contributed by atoms with Crippen LogP contribution in [0.5, 0.6) is 23.0 Å². The van der Waals surface area contributed by atoms with Crippen LogP contribution in [0.3, 0.4) is 0 Å². The molecule has 0 saturated heterocycles. The molecule has 0 saturated carbocycles. The van der Waals surface area contributed by atoms with E-state index >= 15 is 0 Å². The summed E-state index contributed by atoms with van der Waals surface area (Å²) in [6.07, 6.45) is 0. The van der Waals surface area contributed by atoms with Gasteiger partial charge in [0.15, 0.2) is 23.0 Å². The van der Waals surface area contributed by atoms with Crippen LogP contribution >= 0.6 is 78.3 Å². The highest BCUT2D eigenvalue weighted by Gasteiger charge is 2.29. The summed E-state index contributed by atoms with van der Waals surface area (Å²) in [5.41, 5.74) is 0. The van der Waals surface area contributed by atoms with Gasteiger partial charge >= 0.3 is 0 Å². The quantitative estimate of drug-likeness (QED) is 0.243. The topological polar surface area (TPSA) is 18.5 Å². The Hall–Kier alpha value is 0.160. The minimum atomic E-state index is 0.258. The zero-order valence-electron chi connectivity index (χ0n) is 9.24. The Balaban J connectivity index is 2.24. The molecule has 20 heavy (non-hydrogen) atoms. The molecule has 0 radical (unpaired) electrons. The van der Waals surface area contributed by atoms with Gasteiger partial charge in [-0.2, -0.15) is 0 Å². The van der Waals surface area contributed by atoms with E-state index in [4.69, 9.17) is 55.9 Å². The lowest BCUT2D eigenvalue weighted by Crippen LogP contribution is -2.02. The van der Waals surface area contributed by atoms with Gasteiger partial charge in [0.25, 0.3) is 0 Å². The van der Waals surface area contributed by atoms with Gasteiger partial charge in [0.2, 0.25) is 0 Å². The molecule has 3 rings (SSSR count). The summed E-state index contributed by atoms with van der Waals surface area (Å²) in [5, 5.41) is 1.28. The fourth-order valence-electron chi connectivity index (χ4n) is 1.68. The van der Waals surface area contributed by atoms with Crippen molar-refractivity contribution in [3.05, 3.63) is 41.2 Å². The number of ether oxygens (including phenoxy) is 2. The molecule has 1 aliphatic heterocycles. The first-order valence-electron chi connectivity index (χ1n) is 5.11. The van der Waals surface area contributed by atoms with Crippen molar-refractivity contribution in [2.75, 3.05) is 0 Å².